The lowest BCUT2D eigenvalue weighted by atomic mass is 10.1. The third kappa shape index (κ3) is 2.48. The maximum absolute atomic E-state index is 11.4. The van der Waals surface area contributed by atoms with Gasteiger partial charge in [-0.05, 0) is 18.2 Å². The Hall–Kier alpha value is -1.68. The van der Waals surface area contributed by atoms with Crippen LogP contribution in [0, 0.1) is 0 Å². The fraction of sp³-hybridized carbons (Fsp3) is 0.0909. The number of rotatable bonds is 3. The predicted octanol–water partition coefficient (Wildman–Crippen LogP) is 1.37. The molecule has 0 saturated carbocycles. The first-order valence-electron chi connectivity index (χ1n) is 5.34. The Morgan fingerprint density at radius 1 is 0.900 bits per heavy atom. The smallest absolute Gasteiger partial charge is 0.295 e. The molecule has 0 heterocycles. The quantitative estimate of drug-likeness (QED) is 0.731. The van der Waals surface area contributed by atoms with E-state index in [4.69, 9.17) is 0 Å². The van der Waals surface area contributed by atoms with Crippen LogP contribution >= 0.6 is 0 Å². The topological polar surface area (TPSA) is 121 Å². The fourth-order valence-corrected chi connectivity index (χ4v) is 3.41. The lowest BCUT2D eigenvalue weighted by Crippen LogP contribution is -2.05. The maximum atomic E-state index is 11.4. The van der Waals surface area contributed by atoms with Crippen LogP contribution < -0.4 is 5.32 Å². The number of anilines is 1. The van der Waals surface area contributed by atoms with Crippen molar-refractivity contribution in [3.8, 4) is 0 Å². The second-order valence-electron chi connectivity index (χ2n) is 3.99. The highest BCUT2D eigenvalue weighted by molar-refractivity contribution is 7.86. The second kappa shape index (κ2) is 4.70. The normalized spacial score (nSPS) is 12.6. The average molecular weight is 317 g/mol. The summed E-state index contributed by atoms with van der Waals surface area (Å²) in [6.45, 7) is 0. The van der Waals surface area contributed by atoms with E-state index in [2.05, 4.69) is 5.32 Å². The molecule has 0 unspecified atom stereocenters. The number of nitrogens with one attached hydrogen (secondary N) is 1. The molecule has 0 aromatic heterocycles. The lowest BCUT2D eigenvalue weighted by molar-refractivity contribution is 0.481. The molecule has 0 aliphatic rings. The van der Waals surface area contributed by atoms with Crippen molar-refractivity contribution in [2.75, 3.05) is 12.4 Å². The van der Waals surface area contributed by atoms with E-state index in [-0.39, 0.29) is 10.8 Å². The molecular formula is C11H11NO6S2. The van der Waals surface area contributed by atoms with Gasteiger partial charge in [-0.15, -0.1) is 0 Å². The van der Waals surface area contributed by atoms with Crippen molar-refractivity contribution in [2.24, 2.45) is 0 Å². The molecule has 0 atom stereocenters. The fourth-order valence-electron chi connectivity index (χ4n) is 1.99. The zero-order valence-electron chi connectivity index (χ0n) is 10.2. The minimum atomic E-state index is -4.54. The van der Waals surface area contributed by atoms with Crippen LogP contribution in [0.15, 0.2) is 40.1 Å². The molecule has 0 fully saturated rings. The van der Waals surface area contributed by atoms with E-state index in [1.165, 1.54) is 25.2 Å². The lowest BCUT2D eigenvalue weighted by Gasteiger charge is -2.12. The van der Waals surface area contributed by atoms with Gasteiger partial charge in [-0.3, -0.25) is 9.11 Å². The molecule has 2 aromatic rings. The average Bonchev–Trinajstić information content (AvgIpc) is 2.34. The second-order valence-corrected chi connectivity index (χ2v) is 6.77. The SMILES string of the molecule is CNc1ccc(S(=O)(=O)O)c2cccc(S(=O)(=O)O)c12. The van der Waals surface area contributed by atoms with Crippen LogP contribution in [0.5, 0.6) is 0 Å². The van der Waals surface area contributed by atoms with Crippen molar-refractivity contribution >= 4 is 36.7 Å². The first-order valence-corrected chi connectivity index (χ1v) is 8.22. The third-order valence-electron chi connectivity index (χ3n) is 2.79. The van der Waals surface area contributed by atoms with Crippen molar-refractivity contribution in [2.45, 2.75) is 9.79 Å². The van der Waals surface area contributed by atoms with Crippen LogP contribution in [0.1, 0.15) is 0 Å². The van der Waals surface area contributed by atoms with Gasteiger partial charge in [0, 0.05) is 23.5 Å². The van der Waals surface area contributed by atoms with Gasteiger partial charge in [-0.25, -0.2) is 0 Å². The Morgan fingerprint density at radius 2 is 1.50 bits per heavy atom. The Kier molecular flexibility index (Phi) is 3.46. The van der Waals surface area contributed by atoms with Gasteiger partial charge in [0.2, 0.25) is 0 Å². The molecule has 0 amide bonds. The van der Waals surface area contributed by atoms with Gasteiger partial charge in [-0.1, -0.05) is 12.1 Å². The summed E-state index contributed by atoms with van der Waals surface area (Å²) in [5.74, 6) is 0. The van der Waals surface area contributed by atoms with Gasteiger partial charge in [-0.2, -0.15) is 16.8 Å². The molecule has 0 saturated heterocycles. The number of hydrogen-bond donors (Lipinski definition) is 3. The largest absolute Gasteiger partial charge is 0.388 e. The monoisotopic (exact) mass is 317 g/mol. The van der Waals surface area contributed by atoms with Crippen LogP contribution in [-0.4, -0.2) is 33.0 Å². The molecule has 0 spiro atoms. The number of hydrogen-bond acceptors (Lipinski definition) is 5. The van der Waals surface area contributed by atoms with E-state index < -0.39 is 30.0 Å². The summed E-state index contributed by atoms with van der Waals surface area (Å²) in [4.78, 5) is -0.873. The molecule has 7 nitrogen and oxygen atoms in total. The van der Waals surface area contributed by atoms with Crippen LogP contribution in [-0.2, 0) is 20.2 Å². The molecule has 0 bridgehead atoms. The third-order valence-corrected chi connectivity index (χ3v) is 4.60. The summed E-state index contributed by atoms with van der Waals surface area (Å²) >= 11 is 0. The zero-order chi connectivity index (χ0) is 15.1. The van der Waals surface area contributed by atoms with Crippen LogP contribution in [0.25, 0.3) is 10.8 Å². The Morgan fingerprint density at radius 3 is 2.00 bits per heavy atom. The highest BCUT2D eigenvalue weighted by Gasteiger charge is 2.21. The zero-order valence-corrected chi connectivity index (χ0v) is 11.9. The van der Waals surface area contributed by atoms with Gasteiger partial charge >= 0.3 is 0 Å². The van der Waals surface area contributed by atoms with Crippen molar-refractivity contribution in [1.82, 2.24) is 0 Å². The summed E-state index contributed by atoms with van der Waals surface area (Å²) in [5.41, 5.74) is 0.306. The van der Waals surface area contributed by atoms with Crippen molar-refractivity contribution in [3.63, 3.8) is 0 Å². The summed E-state index contributed by atoms with van der Waals surface area (Å²) < 4.78 is 63.9. The molecule has 0 aliphatic carbocycles. The van der Waals surface area contributed by atoms with Crippen molar-refractivity contribution in [3.05, 3.63) is 30.3 Å². The van der Waals surface area contributed by atoms with Gasteiger partial charge < -0.3 is 5.32 Å². The maximum Gasteiger partial charge on any atom is 0.295 e. The van der Waals surface area contributed by atoms with E-state index in [1.54, 1.807) is 0 Å². The highest BCUT2D eigenvalue weighted by Crippen LogP contribution is 2.34. The van der Waals surface area contributed by atoms with Gasteiger partial charge in [0.25, 0.3) is 20.2 Å². The van der Waals surface area contributed by atoms with Crippen molar-refractivity contribution < 1.29 is 25.9 Å². The van der Waals surface area contributed by atoms with Crippen LogP contribution in [0.4, 0.5) is 5.69 Å². The Labute approximate surface area is 115 Å². The minimum Gasteiger partial charge on any atom is -0.388 e. The predicted molar refractivity (Wildman–Crippen MR) is 73.1 cm³/mol. The Balaban J connectivity index is 3.09. The van der Waals surface area contributed by atoms with E-state index in [0.29, 0.717) is 5.69 Å². The standard InChI is InChI=1S/C11H11NO6S2/c1-12-8-5-6-9(19(13,14)15)7-3-2-4-10(11(7)8)20(16,17)18/h2-6,12H,1H3,(H,13,14,15)(H,16,17,18). The van der Waals surface area contributed by atoms with Crippen molar-refractivity contribution in [1.29, 1.82) is 0 Å². The summed E-state index contributed by atoms with van der Waals surface area (Å²) in [6, 6.07) is 6.22. The van der Waals surface area contributed by atoms with E-state index >= 15 is 0 Å². The van der Waals surface area contributed by atoms with Crippen LogP contribution in [0.3, 0.4) is 0 Å². The first kappa shape index (κ1) is 14.7. The van der Waals surface area contributed by atoms with Gasteiger partial charge in [0.15, 0.2) is 0 Å². The van der Waals surface area contributed by atoms with E-state index in [9.17, 15) is 25.9 Å². The Bertz CT molecular complexity index is 887. The summed E-state index contributed by atoms with van der Waals surface area (Å²) in [5, 5.41) is 2.70. The minimum absolute atomic E-state index is 0.00512. The van der Waals surface area contributed by atoms with Gasteiger partial charge in [0.05, 0.1) is 0 Å². The number of fused-ring (bicyclic) bond motifs is 1. The van der Waals surface area contributed by atoms with Crippen LogP contribution in [0.2, 0.25) is 0 Å². The van der Waals surface area contributed by atoms with Gasteiger partial charge in [0.1, 0.15) is 9.79 Å². The molecule has 20 heavy (non-hydrogen) atoms. The van der Waals surface area contributed by atoms with E-state index in [1.807, 2.05) is 0 Å². The van der Waals surface area contributed by atoms with E-state index in [0.717, 1.165) is 12.1 Å². The molecule has 0 radical (unpaired) electrons. The molecule has 2 rings (SSSR count). The molecular weight excluding hydrogens is 306 g/mol. The summed E-state index contributed by atoms with van der Waals surface area (Å²) in [6.07, 6.45) is 0. The highest BCUT2D eigenvalue weighted by atomic mass is 32.2. The first-order chi connectivity index (χ1) is 9.16. The summed E-state index contributed by atoms with van der Waals surface area (Å²) in [7, 11) is -7.55. The number of benzene rings is 2. The molecule has 108 valence electrons. The molecule has 2 aromatic carbocycles. The molecule has 0 aliphatic heterocycles. The molecule has 3 N–H and O–H groups in total. The molecule has 9 heteroatoms.